The molecule has 1 aromatic rings. The molecule has 1 N–H and O–H groups in total. The SMILES string of the molecule is CCN(CC)C(=O)NS(=O)(=O)c1ccc(C(F)(F)F)cc1. The van der Waals surface area contributed by atoms with E-state index in [0.717, 1.165) is 12.1 Å². The first kappa shape index (κ1) is 17.3. The van der Waals surface area contributed by atoms with Crippen LogP contribution in [0.25, 0.3) is 0 Å². The van der Waals surface area contributed by atoms with Crippen LogP contribution in [0.15, 0.2) is 29.2 Å². The molecular weight excluding hydrogens is 309 g/mol. The maximum atomic E-state index is 12.4. The molecule has 118 valence electrons. The lowest BCUT2D eigenvalue weighted by atomic mass is 10.2. The average molecular weight is 324 g/mol. The van der Waals surface area contributed by atoms with Crippen molar-refractivity contribution >= 4 is 16.1 Å². The molecule has 2 amide bonds. The number of hydrogen-bond acceptors (Lipinski definition) is 3. The van der Waals surface area contributed by atoms with Crippen molar-refractivity contribution < 1.29 is 26.4 Å². The smallest absolute Gasteiger partial charge is 0.325 e. The Balaban J connectivity index is 2.96. The van der Waals surface area contributed by atoms with E-state index in [1.807, 2.05) is 4.72 Å². The van der Waals surface area contributed by atoms with Crippen LogP contribution in [0.2, 0.25) is 0 Å². The summed E-state index contributed by atoms with van der Waals surface area (Å²) in [6, 6.07) is 2.09. The second-order valence-electron chi connectivity index (χ2n) is 4.11. The molecule has 0 aromatic heterocycles. The number of nitrogens with one attached hydrogen (secondary N) is 1. The molecule has 0 unspecified atom stereocenters. The molecule has 0 aliphatic carbocycles. The van der Waals surface area contributed by atoms with Gasteiger partial charge in [-0.3, -0.25) is 0 Å². The molecule has 1 aromatic carbocycles. The van der Waals surface area contributed by atoms with Crippen LogP contribution < -0.4 is 4.72 Å². The molecule has 0 aliphatic heterocycles. The number of carbonyl (C=O) groups excluding carboxylic acids is 1. The van der Waals surface area contributed by atoms with Gasteiger partial charge in [0.2, 0.25) is 0 Å². The van der Waals surface area contributed by atoms with E-state index >= 15 is 0 Å². The van der Waals surface area contributed by atoms with Gasteiger partial charge in [-0.2, -0.15) is 13.2 Å². The van der Waals surface area contributed by atoms with Crippen molar-refractivity contribution in [2.45, 2.75) is 24.9 Å². The molecule has 0 aliphatic rings. The number of rotatable bonds is 4. The maximum Gasteiger partial charge on any atom is 0.416 e. The number of alkyl halides is 3. The van der Waals surface area contributed by atoms with Gasteiger partial charge in [0.1, 0.15) is 0 Å². The van der Waals surface area contributed by atoms with Crippen LogP contribution in [-0.4, -0.2) is 32.4 Å². The van der Waals surface area contributed by atoms with Gasteiger partial charge in [-0.15, -0.1) is 0 Å². The van der Waals surface area contributed by atoms with Gasteiger partial charge in [0.05, 0.1) is 10.5 Å². The number of nitrogens with zero attached hydrogens (tertiary/aromatic N) is 1. The van der Waals surface area contributed by atoms with Crippen molar-refractivity contribution in [3.63, 3.8) is 0 Å². The zero-order valence-electron chi connectivity index (χ0n) is 11.4. The Labute approximate surface area is 120 Å². The van der Waals surface area contributed by atoms with Gasteiger partial charge in [-0.1, -0.05) is 0 Å². The first-order chi connectivity index (χ1) is 9.61. The minimum atomic E-state index is -4.55. The molecule has 9 heteroatoms. The summed E-state index contributed by atoms with van der Waals surface area (Å²) >= 11 is 0. The summed E-state index contributed by atoms with van der Waals surface area (Å²) in [6.07, 6.45) is -4.55. The Hall–Kier alpha value is -1.77. The molecule has 0 heterocycles. The van der Waals surface area contributed by atoms with Crippen molar-refractivity contribution in [1.29, 1.82) is 0 Å². The third kappa shape index (κ3) is 4.35. The Morgan fingerprint density at radius 1 is 1.14 bits per heavy atom. The van der Waals surface area contributed by atoms with E-state index in [-0.39, 0.29) is 0 Å². The molecule has 0 saturated heterocycles. The molecule has 1 rings (SSSR count). The molecule has 21 heavy (non-hydrogen) atoms. The first-order valence-corrected chi connectivity index (χ1v) is 7.59. The summed E-state index contributed by atoms with van der Waals surface area (Å²) < 4.78 is 62.8. The summed E-state index contributed by atoms with van der Waals surface area (Å²) in [5.41, 5.74) is -0.962. The highest BCUT2D eigenvalue weighted by atomic mass is 32.2. The van der Waals surface area contributed by atoms with Crippen LogP contribution in [-0.2, 0) is 16.2 Å². The van der Waals surface area contributed by atoms with Crippen molar-refractivity contribution in [3.05, 3.63) is 29.8 Å². The number of sulfonamides is 1. The number of amides is 2. The number of carbonyl (C=O) groups is 1. The predicted molar refractivity (Wildman–Crippen MR) is 70.1 cm³/mol. The lowest BCUT2D eigenvalue weighted by Crippen LogP contribution is -2.42. The second-order valence-corrected chi connectivity index (χ2v) is 5.79. The monoisotopic (exact) mass is 324 g/mol. The van der Waals surface area contributed by atoms with Crippen LogP contribution in [0, 0.1) is 0 Å². The zero-order chi connectivity index (χ0) is 16.3. The van der Waals surface area contributed by atoms with Crippen LogP contribution in [0.3, 0.4) is 0 Å². The summed E-state index contributed by atoms with van der Waals surface area (Å²) in [7, 11) is -4.20. The van der Waals surface area contributed by atoms with Crippen LogP contribution in [0.5, 0.6) is 0 Å². The molecule has 0 fully saturated rings. The molecule has 0 radical (unpaired) electrons. The summed E-state index contributed by atoms with van der Waals surface area (Å²) in [5.74, 6) is 0. The minimum absolute atomic E-state index is 0.310. The Kier molecular flexibility index (Phi) is 5.21. The average Bonchev–Trinajstić information content (AvgIpc) is 2.38. The summed E-state index contributed by atoms with van der Waals surface area (Å²) in [5, 5.41) is 0. The molecular formula is C12H15F3N2O3S. The van der Waals surface area contributed by atoms with Gasteiger partial charge in [-0.05, 0) is 38.1 Å². The van der Waals surface area contributed by atoms with E-state index in [4.69, 9.17) is 0 Å². The Bertz CT molecular complexity index is 593. The number of urea groups is 1. The van der Waals surface area contributed by atoms with Gasteiger partial charge in [0.15, 0.2) is 0 Å². The topological polar surface area (TPSA) is 66.5 Å². The van der Waals surface area contributed by atoms with Crippen LogP contribution in [0.1, 0.15) is 19.4 Å². The van der Waals surface area contributed by atoms with Crippen LogP contribution >= 0.6 is 0 Å². The standard InChI is InChI=1S/C12H15F3N2O3S/c1-3-17(4-2)11(18)16-21(19,20)10-7-5-9(6-8-10)12(13,14)15/h5-8H,3-4H2,1-2H3,(H,16,18). The lowest BCUT2D eigenvalue weighted by molar-refractivity contribution is -0.137. The molecule has 0 bridgehead atoms. The van der Waals surface area contributed by atoms with Crippen LogP contribution in [0.4, 0.5) is 18.0 Å². The minimum Gasteiger partial charge on any atom is -0.325 e. The van der Waals surface area contributed by atoms with Gasteiger partial charge in [0.25, 0.3) is 10.0 Å². The highest BCUT2D eigenvalue weighted by molar-refractivity contribution is 7.90. The fourth-order valence-corrected chi connectivity index (χ4v) is 2.54. The van der Waals surface area contributed by atoms with Gasteiger partial charge in [0, 0.05) is 13.1 Å². The lowest BCUT2D eigenvalue weighted by Gasteiger charge is -2.19. The highest BCUT2D eigenvalue weighted by Gasteiger charge is 2.31. The molecule has 5 nitrogen and oxygen atoms in total. The fraction of sp³-hybridized carbons (Fsp3) is 0.417. The number of hydrogen-bond donors (Lipinski definition) is 1. The van der Waals surface area contributed by atoms with Crippen molar-refractivity contribution in [2.75, 3.05) is 13.1 Å². The van der Waals surface area contributed by atoms with Gasteiger partial charge in [-0.25, -0.2) is 17.9 Å². The summed E-state index contributed by atoms with van der Waals surface area (Å²) in [6.45, 7) is 3.97. The highest BCUT2D eigenvalue weighted by Crippen LogP contribution is 2.29. The zero-order valence-corrected chi connectivity index (χ0v) is 12.3. The maximum absolute atomic E-state index is 12.4. The second kappa shape index (κ2) is 6.33. The largest absolute Gasteiger partial charge is 0.416 e. The third-order valence-corrected chi connectivity index (χ3v) is 4.10. The van der Waals surface area contributed by atoms with E-state index in [0.29, 0.717) is 25.2 Å². The predicted octanol–water partition coefficient (Wildman–Crippen LogP) is 2.45. The van der Waals surface area contributed by atoms with Crippen molar-refractivity contribution in [3.8, 4) is 0 Å². The molecule has 0 spiro atoms. The molecule has 0 atom stereocenters. The van der Waals surface area contributed by atoms with Gasteiger partial charge < -0.3 is 4.90 Å². The fourth-order valence-electron chi connectivity index (χ4n) is 1.57. The van der Waals surface area contributed by atoms with Crippen molar-refractivity contribution in [1.82, 2.24) is 9.62 Å². The van der Waals surface area contributed by atoms with E-state index in [9.17, 15) is 26.4 Å². The Morgan fingerprint density at radius 3 is 2.00 bits per heavy atom. The first-order valence-electron chi connectivity index (χ1n) is 6.10. The summed E-state index contributed by atoms with van der Waals surface area (Å²) in [4.78, 5) is 12.5. The molecule has 0 saturated carbocycles. The van der Waals surface area contributed by atoms with E-state index in [1.54, 1.807) is 13.8 Å². The normalized spacial score (nSPS) is 12.0. The van der Waals surface area contributed by atoms with E-state index in [1.165, 1.54) is 4.90 Å². The number of halogens is 3. The number of benzene rings is 1. The van der Waals surface area contributed by atoms with E-state index < -0.39 is 32.7 Å². The third-order valence-electron chi connectivity index (χ3n) is 2.76. The van der Waals surface area contributed by atoms with Crippen molar-refractivity contribution in [2.24, 2.45) is 0 Å². The van der Waals surface area contributed by atoms with Gasteiger partial charge >= 0.3 is 12.2 Å². The Morgan fingerprint density at radius 2 is 1.62 bits per heavy atom. The quantitative estimate of drug-likeness (QED) is 0.925. The van der Waals surface area contributed by atoms with E-state index in [2.05, 4.69) is 0 Å².